The number of aliphatic hydroxyl groups is 4. The molecule has 5 N–H and O–H groups in total. The lowest BCUT2D eigenvalue weighted by atomic mass is 10.00. The van der Waals surface area contributed by atoms with Crippen LogP contribution < -0.4 is 5.32 Å². The number of nitrogens with one attached hydrogen (secondary N) is 1. The molecule has 0 aromatic heterocycles. The van der Waals surface area contributed by atoms with Crippen molar-refractivity contribution in [2.75, 3.05) is 6.61 Å². The molecule has 0 radical (unpaired) electrons. The molecule has 4 atom stereocenters. The van der Waals surface area contributed by atoms with Crippen molar-refractivity contribution in [3.05, 3.63) is 24.3 Å². The molecular weight excluding hydrogens is 899 g/mol. The van der Waals surface area contributed by atoms with Crippen LogP contribution in [0.1, 0.15) is 367 Å². The smallest absolute Gasteiger partial charge is 0.249 e. The van der Waals surface area contributed by atoms with Crippen LogP contribution in [0.2, 0.25) is 0 Å². The molecule has 0 aliphatic heterocycles. The van der Waals surface area contributed by atoms with E-state index in [4.69, 9.17) is 0 Å². The van der Waals surface area contributed by atoms with Crippen molar-refractivity contribution in [2.45, 2.75) is 391 Å². The maximum Gasteiger partial charge on any atom is 0.249 e. The van der Waals surface area contributed by atoms with Crippen LogP contribution in [0.15, 0.2) is 24.3 Å². The number of allylic oxidation sites excluding steroid dienone is 4. The van der Waals surface area contributed by atoms with Gasteiger partial charge in [0, 0.05) is 0 Å². The van der Waals surface area contributed by atoms with Crippen LogP contribution in [0.25, 0.3) is 0 Å². The third kappa shape index (κ3) is 55.4. The molecule has 0 aliphatic carbocycles. The number of carbonyl (C=O) groups is 1. The average Bonchev–Trinajstić information content (AvgIpc) is 3.40. The van der Waals surface area contributed by atoms with Crippen LogP contribution in [-0.4, -0.2) is 57.3 Å². The topological polar surface area (TPSA) is 110 Å². The largest absolute Gasteiger partial charge is 0.394 e. The van der Waals surface area contributed by atoms with Gasteiger partial charge in [-0.3, -0.25) is 4.79 Å². The molecule has 434 valence electrons. The molecule has 0 aromatic carbocycles. The maximum absolute atomic E-state index is 12.6. The van der Waals surface area contributed by atoms with Gasteiger partial charge in [0.25, 0.3) is 0 Å². The SMILES string of the molecule is CCCCCCCCCCCCCCCC/C=C\CCCCCCCCCCCCCCCCCCC(O)C(=O)NC(CO)C(O)C(O)CCC/C=C/CCCCCCCCCCCCCCCCCCCC. The molecular formula is C67H131NO5. The summed E-state index contributed by atoms with van der Waals surface area (Å²) in [6, 6.07) is -1.00. The van der Waals surface area contributed by atoms with Gasteiger partial charge in [-0.05, 0) is 64.2 Å². The number of aliphatic hydroxyl groups excluding tert-OH is 4. The molecule has 0 fully saturated rings. The van der Waals surface area contributed by atoms with E-state index in [0.29, 0.717) is 12.8 Å². The third-order valence-corrected chi connectivity index (χ3v) is 15.9. The van der Waals surface area contributed by atoms with E-state index in [-0.39, 0.29) is 0 Å². The summed E-state index contributed by atoms with van der Waals surface area (Å²) in [7, 11) is 0. The molecule has 0 rings (SSSR count). The van der Waals surface area contributed by atoms with Gasteiger partial charge in [-0.15, -0.1) is 0 Å². The quantitative estimate of drug-likeness (QED) is 0.0308. The molecule has 0 aliphatic rings. The number of hydrogen-bond donors (Lipinski definition) is 5. The number of unbranched alkanes of at least 4 members (excludes halogenated alkanes) is 49. The number of carbonyl (C=O) groups excluding carboxylic acids is 1. The first-order valence-electron chi connectivity index (χ1n) is 33.2. The Morgan fingerprint density at radius 3 is 0.822 bits per heavy atom. The Bertz CT molecular complexity index is 1110. The Hall–Kier alpha value is -1.21. The van der Waals surface area contributed by atoms with Crippen LogP contribution in [0.4, 0.5) is 0 Å². The van der Waals surface area contributed by atoms with Gasteiger partial charge in [-0.1, -0.05) is 327 Å². The second kappa shape index (κ2) is 61.6. The zero-order chi connectivity index (χ0) is 53.0. The lowest BCUT2D eigenvalue weighted by Gasteiger charge is -2.27. The Labute approximate surface area is 456 Å². The first-order valence-corrected chi connectivity index (χ1v) is 33.2. The highest BCUT2D eigenvalue weighted by Gasteiger charge is 2.28. The standard InChI is InChI=1S/C67H131NO5/c1-3-5-7-9-11-13-15-17-19-21-23-25-27-28-29-30-31-32-33-34-35-36-37-39-41-43-45-47-49-51-53-55-57-59-61-65(71)67(73)68-63(62-69)66(72)64(70)60-58-56-54-52-50-48-46-44-42-40-38-26-24-22-20-18-16-14-12-10-8-6-4-2/h30-31,52,54,63-66,69-72H,3-29,32-51,53,55-62H2,1-2H3,(H,68,73)/b31-30-,54-52+. The predicted molar refractivity (Wildman–Crippen MR) is 321 cm³/mol. The number of amides is 1. The second-order valence-electron chi connectivity index (χ2n) is 23.2. The highest BCUT2D eigenvalue weighted by molar-refractivity contribution is 5.80. The zero-order valence-corrected chi connectivity index (χ0v) is 49.4. The summed E-state index contributed by atoms with van der Waals surface area (Å²) < 4.78 is 0. The minimum Gasteiger partial charge on any atom is -0.394 e. The predicted octanol–water partition coefficient (Wildman–Crippen LogP) is 20.2. The van der Waals surface area contributed by atoms with Gasteiger partial charge in [0.15, 0.2) is 0 Å². The Morgan fingerprint density at radius 1 is 0.329 bits per heavy atom. The van der Waals surface area contributed by atoms with Crippen LogP contribution in [0, 0.1) is 0 Å². The van der Waals surface area contributed by atoms with Crippen molar-refractivity contribution < 1.29 is 25.2 Å². The molecule has 0 saturated heterocycles. The van der Waals surface area contributed by atoms with Crippen molar-refractivity contribution in [1.29, 1.82) is 0 Å². The monoisotopic (exact) mass is 1030 g/mol. The summed E-state index contributed by atoms with van der Waals surface area (Å²) in [5, 5.41) is 44.1. The number of rotatable bonds is 62. The van der Waals surface area contributed by atoms with E-state index in [1.807, 2.05) is 0 Å². The van der Waals surface area contributed by atoms with Crippen LogP contribution in [0.3, 0.4) is 0 Å². The molecule has 73 heavy (non-hydrogen) atoms. The second-order valence-corrected chi connectivity index (χ2v) is 23.2. The maximum atomic E-state index is 12.6. The molecule has 1 amide bonds. The first kappa shape index (κ1) is 71.8. The van der Waals surface area contributed by atoms with E-state index in [0.717, 1.165) is 38.5 Å². The van der Waals surface area contributed by atoms with Gasteiger partial charge in [0.05, 0.1) is 18.8 Å². The summed E-state index contributed by atoms with van der Waals surface area (Å²) in [5.41, 5.74) is 0. The highest BCUT2D eigenvalue weighted by atomic mass is 16.3. The minimum absolute atomic E-state index is 0.366. The van der Waals surface area contributed by atoms with Crippen molar-refractivity contribution in [3.63, 3.8) is 0 Å². The van der Waals surface area contributed by atoms with Crippen LogP contribution in [-0.2, 0) is 4.79 Å². The molecule has 0 heterocycles. The lowest BCUT2D eigenvalue weighted by molar-refractivity contribution is -0.132. The van der Waals surface area contributed by atoms with Crippen LogP contribution >= 0.6 is 0 Å². The fraction of sp³-hybridized carbons (Fsp3) is 0.925. The average molecular weight is 1030 g/mol. The van der Waals surface area contributed by atoms with Crippen molar-refractivity contribution in [1.82, 2.24) is 5.32 Å². The van der Waals surface area contributed by atoms with Crippen LogP contribution in [0.5, 0.6) is 0 Å². The van der Waals surface area contributed by atoms with Gasteiger partial charge >= 0.3 is 0 Å². The van der Waals surface area contributed by atoms with Gasteiger partial charge in [-0.2, -0.15) is 0 Å². The first-order chi connectivity index (χ1) is 36.0. The summed E-state index contributed by atoms with van der Waals surface area (Å²) in [6.07, 6.45) is 77.2. The third-order valence-electron chi connectivity index (χ3n) is 15.9. The molecule has 0 bridgehead atoms. The fourth-order valence-corrected chi connectivity index (χ4v) is 10.7. The zero-order valence-electron chi connectivity index (χ0n) is 49.4. The Kier molecular flexibility index (Phi) is 60.6. The van der Waals surface area contributed by atoms with E-state index in [1.54, 1.807) is 0 Å². The van der Waals surface area contributed by atoms with Gasteiger partial charge in [0.2, 0.25) is 5.91 Å². The molecule has 6 heteroatoms. The summed E-state index contributed by atoms with van der Waals surface area (Å²) in [4.78, 5) is 12.6. The van der Waals surface area contributed by atoms with Gasteiger partial charge < -0.3 is 25.7 Å². The van der Waals surface area contributed by atoms with Gasteiger partial charge in [-0.25, -0.2) is 0 Å². The minimum atomic E-state index is -1.28. The molecule has 0 aromatic rings. The van der Waals surface area contributed by atoms with Crippen molar-refractivity contribution in [3.8, 4) is 0 Å². The van der Waals surface area contributed by atoms with E-state index < -0.39 is 36.9 Å². The summed E-state index contributed by atoms with van der Waals surface area (Å²) in [5.74, 6) is -0.587. The molecule has 4 unspecified atom stereocenters. The Morgan fingerprint density at radius 2 is 0.562 bits per heavy atom. The van der Waals surface area contributed by atoms with E-state index >= 15 is 0 Å². The van der Waals surface area contributed by atoms with Crippen molar-refractivity contribution >= 4 is 5.91 Å². The van der Waals surface area contributed by atoms with E-state index in [2.05, 4.69) is 43.5 Å². The summed E-state index contributed by atoms with van der Waals surface area (Å²) in [6.45, 7) is 4.09. The number of hydrogen-bond acceptors (Lipinski definition) is 5. The lowest BCUT2D eigenvalue weighted by Crippen LogP contribution is -2.53. The molecule has 6 nitrogen and oxygen atoms in total. The van der Waals surface area contributed by atoms with E-state index in [1.165, 1.54) is 302 Å². The highest BCUT2D eigenvalue weighted by Crippen LogP contribution is 2.19. The molecule has 0 saturated carbocycles. The van der Waals surface area contributed by atoms with E-state index in [9.17, 15) is 25.2 Å². The van der Waals surface area contributed by atoms with Gasteiger partial charge in [0.1, 0.15) is 12.2 Å². The normalized spacial score (nSPS) is 13.7. The summed E-state index contributed by atoms with van der Waals surface area (Å²) >= 11 is 0. The molecule has 0 spiro atoms. The Balaban J connectivity index is 3.56. The van der Waals surface area contributed by atoms with Crippen molar-refractivity contribution in [2.24, 2.45) is 0 Å². The fourth-order valence-electron chi connectivity index (χ4n) is 10.7.